The zero-order valence-electron chi connectivity index (χ0n) is 15.6. The van der Waals surface area contributed by atoms with E-state index in [1.807, 2.05) is 20.8 Å². The summed E-state index contributed by atoms with van der Waals surface area (Å²) in [5.41, 5.74) is -0.308. The van der Waals surface area contributed by atoms with Gasteiger partial charge >= 0.3 is 0 Å². The lowest BCUT2D eigenvalue weighted by Crippen LogP contribution is -2.49. The average Bonchev–Trinajstić information content (AvgIpc) is 2.92. The van der Waals surface area contributed by atoms with Crippen LogP contribution in [0.2, 0.25) is 4.34 Å². The van der Waals surface area contributed by atoms with Crippen molar-refractivity contribution >= 4 is 44.8 Å². The summed E-state index contributed by atoms with van der Waals surface area (Å²) in [6.45, 7) is 6.34. The molecule has 0 aliphatic heterocycles. The molecular formula is C15H26ClN5O3S2. The van der Waals surface area contributed by atoms with E-state index in [1.165, 1.54) is 6.07 Å². The smallest absolute Gasteiger partial charge is 0.250 e. The number of nitrogens with zero attached hydrogens (tertiary/aromatic N) is 2. The molecule has 0 radical (unpaired) electrons. The molecule has 1 rings (SSSR count). The molecule has 0 bridgehead atoms. The third-order valence-corrected chi connectivity index (χ3v) is 6.17. The number of likely N-dealkylation sites (N-methyl/N-ethyl adjacent to an activating group) is 1. The van der Waals surface area contributed by atoms with Gasteiger partial charge in [0.1, 0.15) is 4.21 Å². The second-order valence-electron chi connectivity index (χ2n) is 6.58. The third kappa shape index (κ3) is 7.90. The van der Waals surface area contributed by atoms with Gasteiger partial charge in [-0.2, -0.15) is 0 Å². The zero-order chi connectivity index (χ0) is 20.0. The lowest BCUT2D eigenvalue weighted by atomic mass is 10.1. The second kappa shape index (κ2) is 9.54. The fourth-order valence-electron chi connectivity index (χ4n) is 2.01. The molecule has 0 saturated heterocycles. The van der Waals surface area contributed by atoms with Crippen molar-refractivity contribution in [2.45, 2.75) is 30.5 Å². The minimum atomic E-state index is -3.58. The first-order valence-corrected chi connectivity index (χ1v) is 10.6. The maximum atomic E-state index is 12.1. The quantitative estimate of drug-likeness (QED) is 0.346. The Bertz CT molecular complexity index is 741. The minimum absolute atomic E-state index is 0.127. The molecule has 1 aromatic rings. The fourth-order valence-corrected chi connectivity index (χ4v) is 4.56. The van der Waals surface area contributed by atoms with Gasteiger partial charge < -0.3 is 15.5 Å². The van der Waals surface area contributed by atoms with Crippen molar-refractivity contribution < 1.29 is 13.2 Å². The third-order valence-electron chi connectivity index (χ3n) is 2.98. The maximum Gasteiger partial charge on any atom is 0.250 e. The van der Waals surface area contributed by atoms with Gasteiger partial charge in [-0.3, -0.25) is 9.79 Å². The molecule has 3 N–H and O–H groups in total. The van der Waals surface area contributed by atoms with Gasteiger partial charge in [-0.05, 0) is 32.9 Å². The van der Waals surface area contributed by atoms with E-state index in [4.69, 9.17) is 11.6 Å². The van der Waals surface area contributed by atoms with Crippen molar-refractivity contribution in [1.29, 1.82) is 0 Å². The van der Waals surface area contributed by atoms with Gasteiger partial charge in [0.05, 0.1) is 10.9 Å². The Morgan fingerprint density at radius 3 is 2.46 bits per heavy atom. The molecule has 0 fully saturated rings. The molecule has 0 atom stereocenters. The number of thiophene rings is 1. The molecule has 11 heteroatoms. The number of nitrogens with one attached hydrogen (secondary N) is 3. The summed E-state index contributed by atoms with van der Waals surface area (Å²) < 4.78 is 27.3. The second-order valence-corrected chi connectivity index (χ2v) is 10.3. The van der Waals surface area contributed by atoms with Gasteiger partial charge in [-0.25, -0.2) is 13.1 Å². The lowest BCUT2D eigenvalue weighted by Gasteiger charge is -2.25. The normalized spacial score (nSPS) is 12.8. The van der Waals surface area contributed by atoms with Gasteiger partial charge in [0.15, 0.2) is 5.96 Å². The number of halogens is 1. The highest BCUT2D eigenvalue weighted by Crippen LogP contribution is 2.25. The summed E-state index contributed by atoms with van der Waals surface area (Å²) in [5, 5.41) is 5.88. The molecule has 1 heterocycles. The predicted octanol–water partition coefficient (Wildman–Crippen LogP) is 1.10. The van der Waals surface area contributed by atoms with E-state index in [9.17, 15) is 13.2 Å². The SMILES string of the molecule is CN=C(NCCNS(=O)(=O)c1ccc(Cl)s1)N(C)CC(=O)NC(C)(C)C. The van der Waals surface area contributed by atoms with Crippen LogP contribution in [0.1, 0.15) is 20.8 Å². The molecule has 0 aromatic carbocycles. The predicted molar refractivity (Wildman–Crippen MR) is 106 cm³/mol. The number of sulfonamides is 1. The first kappa shape index (κ1) is 22.7. The van der Waals surface area contributed by atoms with Crippen LogP contribution in [0.3, 0.4) is 0 Å². The molecule has 1 amide bonds. The van der Waals surface area contributed by atoms with E-state index < -0.39 is 10.0 Å². The Hall–Kier alpha value is -1.36. The van der Waals surface area contributed by atoms with Crippen LogP contribution in [0.5, 0.6) is 0 Å². The number of hydrogen-bond acceptors (Lipinski definition) is 5. The molecule has 0 spiro atoms. The molecule has 0 unspecified atom stereocenters. The molecule has 1 aromatic heterocycles. The molecule has 0 aliphatic rings. The van der Waals surface area contributed by atoms with Crippen LogP contribution in [0.15, 0.2) is 21.3 Å². The topological polar surface area (TPSA) is 103 Å². The number of rotatable bonds is 7. The standard InChI is InChI=1S/C15H26ClN5O3S2/c1-15(2,3)20-12(22)10-21(5)14(17-4)18-8-9-19-26(23,24)13-7-6-11(16)25-13/h6-7,19H,8-10H2,1-5H3,(H,17,18)(H,20,22). The first-order valence-electron chi connectivity index (χ1n) is 7.92. The van der Waals surface area contributed by atoms with Crippen LogP contribution in [0, 0.1) is 0 Å². The van der Waals surface area contributed by atoms with Crippen LogP contribution in [0.25, 0.3) is 0 Å². The van der Waals surface area contributed by atoms with Crippen molar-refractivity contribution in [3.63, 3.8) is 0 Å². The highest BCUT2D eigenvalue weighted by Gasteiger charge is 2.18. The van der Waals surface area contributed by atoms with Crippen LogP contribution in [0.4, 0.5) is 0 Å². The Balaban J connectivity index is 2.46. The largest absolute Gasteiger partial charge is 0.355 e. The fraction of sp³-hybridized carbons (Fsp3) is 0.600. The Morgan fingerprint density at radius 1 is 1.31 bits per heavy atom. The lowest BCUT2D eigenvalue weighted by molar-refractivity contribution is -0.122. The first-order chi connectivity index (χ1) is 11.9. The summed E-state index contributed by atoms with van der Waals surface area (Å²) in [5.74, 6) is 0.366. The van der Waals surface area contributed by atoms with Crippen molar-refractivity contribution in [1.82, 2.24) is 20.3 Å². The molecule has 26 heavy (non-hydrogen) atoms. The van der Waals surface area contributed by atoms with Crippen LogP contribution in [-0.2, 0) is 14.8 Å². The Morgan fingerprint density at radius 2 is 1.96 bits per heavy atom. The van der Waals surface area contributed by atoms with Crippen molar-refractivity contribution in [3.05, 3.63) is 16.5 Å². The van der Waals surface area contributed by atoms with E-state index >= 15 is 0 Å². The molecule has 8 nitrogen and oxygen atoms in total. The van der Waals surface area contributed by atoms with E-state index in [0.29, 0.717) is 16.8 Å². The van der Waals surface area contributed by atoms with Crippen LogP contribution >= 0.6 is 22.9 Å². The Kier molecular flexibility index (Phi) is 8.32. The molecule has 0 aliphatic carbocycles. The number of hydrogen-bond donors (Lipinski definition) is 3. The average molecular weight is 424 g/mol. The number of carbonyl (C=O) groups excluding carboxylic acids is 1. The number of amides is 1. The van der Waals surface area contributed by atoms with E-state index in [1.54, 1.807) is 25.1 Å². The summed E-state index contributed by atoms with van der Waals surface area (Å²) in [6.07, 6.45) is 0. The van der Waals surface area contributed by atoms with Gasteiger partial charge in [0.2, 0.25) is 15.9 Å². The van der Waals surface area contributed by atoms with Gasteiger partial charge in [-0.1, -0.05) is 11.6 Å². The van der Waals surface area contributed by atoms with Crippen molar-refractivity contribution in [3.8, 4) is 0 Å². The maximum absolute atomic E-state index is 12.1. The minimum Gasteiger partial charge on any atom is -0.355 e. The van der Waals surface area contributed by atoms with Crippen LogP contribution < -0.4 is 15.4 Å². The van der Waals surface area contributed by atoms with Gasteiger partial charge in [-0.15, -0.1) is 11.3 Å². The van der Waals surface area contributed by atoms with Gasteiger partial charge in [0, 0.05) is 32.7 Å². The molecule has 0 saturated carbocycles. The van der Waals surface area contributed by atoms with Crippen LogP contribution in [-0.4, -0.2) is 64.5 Å². The van der Waals surface area contributed by atoms with E-state index in [-0.39, 0.29) is 28.7 Å². The molecule has 148 valence electrons. The highest BCUT2D eigenvalue weighted by atomic mass is 35.5. The monoisotopic (exact) mass is 423 g/mol. The summed E-state index contributed by atoms with van der Waals surface area (Å²) >= 11 is 6.76. The molecular weight excluding hydrogens is 398 g/mol. The van der Waals surface area contributed by atoms with Crippen molar-refractivity contribution in [2.24, 2.45) is 4.99 Å². The summed E-state index contributed by atoms with van der Waals surface area (Å²) in [4.78, 5) is 17.7. The Labute approximate surface area is 164 Å². The summed E-state index contributed by atoms with van der Waals surface area (Å²) in [6, 6.07) is 3.00. The van der Waals surface area contributed by atoms with Crippen molar-refractivity contribution in [2.75, 3.05) is 33.7 Å². The number of guanidine groups is 1. The number of aliphatic imine (C=N–C) groups is 1. The van der Waals surface area contributed by atoms with E-state index in [2.05, 4.69) is 20.3 Å². The number of carbonyl (C=O) groups is 1. The highest BCUT2D eigenvalue weighted by molar-refractivity contribution is 7.91. The summed E-state index contributed by atoms with van der Waals surface area (Å²) in [7, 11) is -0.250. The zero-order valence-corrected chi connectivity index (χ0v) is 18.0. The van der Waals surface area contributed by atoms with E-state index in [0.717, 1.165) is 11.3 Å². The van der Waals surface area contributed by atoms with Gasteiger partial charge in [0.25, 0.3) is 0 Å².